The van der Waals surface area contributed by atoms with E-state index in [1.165, 1.54) is 23.1 Å². The lowest BCUT2D eigenvalue weighted by atomic mass is 9.98. The van der Waals surface area contributed by atoms with Gasteiger partial charge in [0.05, 0.1) is 21.7 Å². The van der Waals surface area contributed by atoms with Gasteiger partial charge in [-0.3, -0.25) is 4.79 Å². The normalized spacial score (nSPS) is 17.3. The third kappa shape index (κ3) is 4.89. The lowest BCUT2D eigenvalue weighted by Crippen LogP contribution is -2.58. The first-order valence-corrected chi connectivity index (χ1v) is 10.1. The first-order chi connectivity index (χ1) is 15.0. The van der Waals surface area contributed by atoms with Crippen LogP contribution in [0.15, 0.2) is 30.5 Å². The van der Waals surface area contributed by atoms with Gasteiger partial charge < -0.3 is 15.5 Å². The summed E-state index contributed by atoms with van der Waals surface area (Å²) in [5, 5.41) is 13.9. The first kappa shape index (κ1) is 23.6. The van der Waals surface area contributed by atoms with Crippen molar-refractivity contribution in [1.82, 2.24) is 20.5 Å². The highest BCUT2D eigenvalue weighted by atomic mass is 35.5. The summed E-state index contributed by atoms with van der Waals surface area (Å²) < 4.78 is 39.2. The number of alkyl halides is 3. The van der Waals surface area contributed by atoms with E-state index in [2.05, 4.69) is 15.6 Å². The average Bonchev–Trinajstić information content (AvgIpc) is 2.72. The lowest BCUT2D eigenvalue weighted by Gasteiger charge is -2.34. The number of halogens is 5. The van der Waals surface area contributed by atoms with Crippen molar-refractivity contribution in [3.8, 4) is 6.07 Å². The molecule has 3 amide bonds. The molecule has 1 unspecified atom stereocenters. The molecular weight excluding hydrogens is 470 g/mol. The number of hydrogen-bond donors (Lipinski definition) is 2. The van der Waals surface area contributed by atoms with Crippen molar-refractivity contribution in [2.45, 2.75) is 25.2 Å². The smallest absolute Gasteiger partial charge is 0.353 e. The van der Waals surface area contributed by atoms with Gasteiger partial charge in [-0.2, -0.15) is 18.4 Å². The largest absolute Gasteiger partial charge is 0.434 e. The molecule has 0 radical (unpaired) electrons. The highest BCUT2D eigenvalue weighted by Crippen LogP contribution is 2.35. The van der Waals surface area contributed by atoms with Crippen molar-refractivity contribution in [3.63, 3.8) is 0 Å². The Labute approximate surface area is 191 Å². The molecule has 1 fully saturated rings. The first-order valence-electron chi connectivity index (χ1n) is 9.30. The van der Waals surface area contributed by atoms with Crippen LogP contribution in [0.4, 0.5) is 18.0 Å². The van der Waals surface area contributed by atoms with Gasteiger partial charge >= 0.3 is 12.2 Å². The van der Waals surface area contributed by atoms with Crippen LogP contribution in [0.25, 0.3) is 0 Å². The minimum Gasteiger partial charge on any atom is -0.353 e. The van der Waals surface area contributed by atoms with Crippen LogP contribution >= 0.6 is 23.2 Å². The quantitative estimate of drug-likeness (QED) is 0.688. The predicted molar refractivity (Wildman–Crippen MR) is 110 cm³/mol. The van der Waals surface area contributed by atoms with E-state index >= 15 is 0 Å². The molecule has 1 aliphatic heterocycles. The minimum atomic E-state index is -4.75. The lowest BCUT2D eigenvalue weighted by molar-refractivity contribution is -0.141. The zero-order chi connectivity index (χ0) is 23.6. The Hall–Kier alpha value is -3.03. The second kappa shape index (κ2) is 9.22. The van der Waals surface area contributed by atoms with Crippen LogP contribution in [-0.4, -0.2) is 41.0 Å². The summed E-state index contributed by atoms with van der Waals surface area (Å²) in [6, 6.07) is 4.95. The number of piperazine rings is 1. The number of hydrogen-bond acceptors (Lipinski definition) is 4. The molecule has 2 heterocycles. The van der Waals surface area contributed by atoms with Crippen LogP contribution < -0.4 is 10.6 Å². The molecule has 2 N–H and O–H groups in total. The molecule has 7 nitrogen and oxygen atoms in total. The monoisotopic (exact) mass is 485 g/mol. The Morgan fingerprint density at radius 2 is 2.00 bits per heavy atom. The van der Waals surface area contributed by atoms with Crippen LogP contribution in [0, 0.1) is 11.3 Å². The molecule has 1 aliphatic rings. The van der Waals surface area contributed by atoms with Crippen LogP contribution in [-0.2, 0) is 11.0 Å². The summed E-state index contributed by atoms with van der Waals surface area (Å²) in [5.74, 6) is -0.330. The Kier molecular flexibility index (Phi) is 6.81. The molecule has 0 bridgehead atoms. The Balaban J connectivity index is 2.01. The maximum Gasteiger partial charge on any atom is 0.434 e. The van der Waals surface area contributed by atoms with Gasteiger partial charge in [0.2, 0.25) is 5.91 Å². The van der Waals surface area contributed by atoms with Crippen molar-refractivity contribution in [2.75, 3.05) is 13.1 Å². The highest BCUT2D eigenvalue weighted by molar-refractivity contribution is 6.32. The van der Waals surface area contributed by atoms with Crippen molar-refractivity contribution < 1.29 is 22.8 Å². The van der Waals surface area contributed by atoms with Crippen molar-refractivity contribution in [2.24, 2.45) is 0 Å². The van der Waals surface area contributed by atoms with Gasteiger partial charge in [-0.05, 0) is 36.2 Å². The van der Waals surface area contributed by atoms with Gasteiger partial charge in [-0.1, -0.05) is 29.3 Å². The Morgan fingerprint density at radius 3 is 2.59 bits per heavy atom. The van der Waals surface area contributed by atoms with Crippen molar-refractivity contribution >= 4 is 35.1 Å². The Morgan fingerprint density at radius 1 is 1.31 bits per heavy atom. The molecule has 1 aromatic heterocycles. The molecule has 0 aliphatic carbocycles. The molecule has 3 rings (SSSR count). The second-order valence-electron chi connectivity index (χ2n) is 6.99. The number of urea groups is 1. The summed E-state index contributed by atoms with van der Waals surface area (Å²) >= 11 is 11.9. The molecule has 2 aromatic rings. The third-order valence-corrected chi connectivity index (χ3v) is 5.54. The predicted octanol–water partition coefficient (Wildman–Crippen LogP) is 3.90. The summed E-state index contributed by atoms with van der Waals surface area (Å²) in [7, 11) is 0. The second-order valence-corrected chi connectivity index (χ2v) is 7.81. The summed E-state index contributed by atoms with van der Waals surface area (Å²) in [6.45, 7) is 2.06. The van der Waals surface area contributed by atoms with Gasteiger partial charge in [0.15, 0.2) is 5.69 Å². The van der Waals surface area contributed by atoms with E-state index in [1.807, 2.05) is 6.07 Å². The SMILES string of the molecule is C[C@@H]1C(=O)NCCN1C(=O)NC(c1ccc(C#N)c(Cl)c1)c1cnc(C(F)(F)F)c(Cl)c1. The summed E-state index contributed by atoms with van der Waals surface area (Å²) in [6.07, 6.45) is -3.79. The van der Waals surface area contributed by atoms with E-state index in [-0.39, 0.29) is 35.1 Å². The van der Waals surface area contributed by atoms with Gasteiger partial charge in [0, 0.05) is 19.3 Å². The van der Waals surface area contributed by atoms with E-state index in [0.29, 0.717) is 5.56 Å². The van der Waals surface area contributed by atoms with E-state index in [1.54, 1.807) is 6.92 Å². The highest BCUT2D eigenvalue weighted by Gasteiger charge is 2.36. The molecule has 168 valence electrons. The number of nitrogens with zero attached hydrogens (tertiary/aromatic N) is 3. The molecule has 12 heteroatoms. The number of nitrogens with one attached hydrogen (secondary N) is 2. The number of carbonyl (C=O) groups excluding carboxylic acids is 2. The molecule has 1 saturated heterocycles. The topological polar surface area (TPSA) is 98.1 Å². The van der Waals surface area contributed by atoms with E-state index in [9.17, 15) is 22.8 Å². The van der Waals surface area contributed by atoms with E-state index in [4.69, 9.17) is 28.5 Å². The Bertz CT molecular complexity index is 1100. The average molecular weight is 486 g/mol. The number of rotatable bonds is 3. The molecule has 1 aromatic carbocycles. The van der Waals surface area contributed by atoms with E-state index in [0.717, 1.165) is 12.3 Å². The maximum atomic E-state index is 13.1. The van der Waals surface area contributed by atoms with Gasteiger partial charge in [-0.25, -0.2) is 9.78 Å². The van der Waals surface area contributed by atoms with Gasteiger partial charge in [0.1, 0.15) is 12.1 Å². The minimum absolute atomic E-state index is 0.0981. The maximum absolute atomic E-state index is 13.1. The number of carbonyl (C=O) groups is 2. The fourth-order valence-corrected chi connectivity index (χ4v) is 3.76. The molecule has 2 atom stereocenters. The standard InChI is InChI=1S/C20H16Cl2F3N5O2/c1-10-18(31)27-4-5-30(10)19(32)29-16(11-2-3-12(8-26)14(21)6-11)13-7-15(22)17(28-9-13)20(23,24)25/h2-3,6-7,9-10,16H,4-5H2,1H3,(H,27,31)(H,29,32)/t10-,16?/m1/s1. The molecule has 0 saturated carbocycles. The fourth-order valence-electron chi connectivity index (χ4n) is 3.25. The zero-order valence-corrected chi connectivity index (χ0v) is 18.0. The zero-order valence-electron chi connectivity index (χ0n) is 16.5. The van der Waals surface area contributed by atoms with Crippen LogP contribution in [0.3, 0.4) is 0 Å². The van der Waals surface area contributed by atoms with Crippen LogP contribution in [0.2, 0.25) is 10.0 Å². The van der Waals surface area contributed by atoms with Crippen LogP contribution in [0.1, 0.15) is 35.3 Å². The number of amides is 3. The van der Waals surface area contributed by atoms with E-state index < -0.39 is 35.0 Å². The fraction of sp³-hybridized carbons (Fsp3) is 0.300. The number of nitriles is 1. The molecular formula is C20H16Cl2F3N5O2. The third-order valence-electron chi connectivity index (χ3n) is 4.94. The van der Waals surface area contributed by atoms with Gasteiger partial charge in [0.25, 0.3) is 0 Å². The number of benzene rings is 1. The number of pyridine rings is 1. The van der Waals surface area contributed by atoms with Crippen molar-refractivity contribution in [3.05, 3.63) is 62.9 Å². The summed E-state index contributed by atoms with van der Waals surface area (Å²) in [4.78, 5) is 29.6. The van der Waals surface area contributed by atoms with Gasteiger partial charge in [-0.15, -0.1) is 0 Å². The summed E-state index contributed by atoms with van der Waals surface area (Å²) in [5.41, 5.74) is -0.530. The van der Waals surface area contributed by atoms with Crippen molar-refractivity contribution in [1.29, 1.82) is 5.26 Å². The van der Waals surface area contributed by atoms with Crippen LogP contribution in [0.5, 0.6) is 0 Å². The molecule has 32 heavy (non-hydrogen) atoms. The number of aromatic nitrogens is 1. The molecule has 0 spiro atoms.